The number of amides is 1. The van der Waals surface area contributed by atoms with Gasteiger partial charge in [-0.05, 0) is 49.7 Å². The summed E-state index contributed by atoms with van der Waals surface area (Å²) in [5, 5.41) is 11.9. The summed E-state index contributed by atoms with van der Waals surface area (Å²) in [7, 11) is 1.54. The number of rotatable bonds is 5. The standard InChI is InChI=1S/C24H18FN3O4S2/c1-11-22(33-12(2)26-11)20(29)18-19(13-4-7-15(32-3)8-5-13)28(23(31)21(18)30)24-27-16-9-6-14(25)10-17(16)34-24/h4-10,19,30H,1-3H3. The zero-order valence-corrected chi connectivity index (χ0v) is 20.0. The zero-order valence-electron chi connectivity index (χ0n) is 18.3. The van der Waals surface area contributed by atoms with Crippen molar-refractivity contribution in [1.29, 1.82) is 0 Å². The molecule has 1 N–H and O–H groups in total. The van der Waals surface area contributed by atoms with E-state index in [2.05, 4.69) is 9.97 Å². The molecule has 0 saturated heterocycles. The minimum Gasteiger partial charge on any atom is -0.503 e. The number of fused-ring (bicyclic) bond motifs is 1. The quantitative estimate of drug-likeness (QED) is 0.378. The van der Waals surface area contributed by atoms with E-state index in [9.17, 15) is 19.1 Å². The molecule has 1 unspecified atom stereocenters. The number of methoxy groups -OCH3 is 1. The molecule has 1 aliphatic rings. The summed E-state index contributed by atoms with van der Waals surface area (Å²) in [6.45, 7) is 3.50. The van der Waals surface area contributed by atoms with E-state index in [1.54, 1.807) is 38.1 Å². The van der Waals surface area contributed by atoms with E-state index in [4.69, 9.17) is 4.74 Å². The lowest BCUT2D eigenvalue weighted by atomic mass is 9.95. The second-order valence-electron chi connectivity index (χ2n) is 7.70. The number of ether oxygens (including phenoxy) is 1. The molecule has 2 aromatic carbocycles. The molecule has 172 valence electrons. The summed E-state index contributed by atoms with van der Waals surface area (Å²) in [6.07, 6.45) is 0. The Labute approximate surface area is 201 Å². The smallest absolute Gasteiger partial charge is 0.296 e. The maximum Gasteiger partial charge on any atom is 0.296 e. The predicted octanol–water partition coefficient (Wildman–Crippen LogP) is 5.30. The Morgan fingerprint density at radius 1 is 1.12 bits per heavy atom. The minimum atomic E-state index is -0.932. The number of halogens is 1. The Bertz CT molecular complexity index is 1490. The number of hydrogen-bond acceptors (Lipinski definition) is 8. The summed E-state index contributed by atoms with van der Waals surface area (Å²) < 4.78 is 19.5. The highest BCUT2D eigenvalue weighted by molar-refractivity contribution is 7.22. The monoisotopic (exact) mass is 495 g/mol. The molecule has 34 heavy (non-hydrogen) atoms. The summed E-state index contributed by atoms with van der Waals surface area (Å²) in [4.78, 5) is 37.4. The van der Waals surface area contributed by atoms with Crippen molar-refractivity contribution in [2.24, 2.45) is 0 Å². The summed E-state index contributed by atoms with van der Waals surface area (Å²) in [5.41, 5.74) is 1.58. The van der Waals surface area contributed by atoms with Crippen LogP contribution in [0.2, 0.25) is 0 Å². The van der Waals surface area contributed by atoms with Gasteiger partial charge in [-0.3, -0.25) is 14.5 Å². The number of nitrogens with zero attached hydrogens (tertiary/aromatic N) is 3. The van der Waals surface area contributed by atoms with Crippen LogP contribution < -0.4 is 9.64 Å². The van der Waals surface area contributed by atoms with Crippen molar-refractivity contribution in [2.45, 2.75) is 19.9 Å². The molecule has 4 aromatic rings. The van der Waals surface area contributed by atoms with Crippen molar-refractivity contribution < 1.29 is 23.8 Å². The lowest BCUT2D eigenvalue weighted by Gasteiger charge is -2.24. The lowest BCUT2D eigenvalue weighted by Crippen LogP contribution is -2.30. The van der Waals surface area contributed by atoms with E-state index < -0.39 is 29.3 Å². The summed E-state index contributed by atoms with van der Waals surface area (Å²) >= 11 is 2.32. The third-order valence-corrected chi connectivity index (χ3v) is 7.63. The second kappa shape index (κ2) is 8.30. The van der Waals surface area contributed by atoms with Gasteiger partial charge in [-0.15, -0.1) is 11.3 Å². The number of carbonyl (C=O) groups is 2. The molecule has 3 heterocycles. The molecule has 0 bridgehead atoms. The van der Waals surface area contributed by atoms with Crippen LogP contribution in [0.4, 0.5) is 9.52 Å². The van der Waals surface area contributed by atoms with Crippen molar-refractivity contribution in [3.8, 4) is 5.75 Å². The molecule has 0 fully saturated rings. The first-order valence-corrected chi connectivity index (χ1v) is 11.9. The van der Waals surface area contributed by atoms with Gasteiger partial charge < -0.3 is 9.84 Å². The first kappa shape index (κ1) is 22.2. The number of benzene rings is 2. The fourth-order valence-electron chi connectivity index (χ4n) is 3.99. The van der Waals surface area contributed by atoms with E-state index in [1.165, 1.54) is 41.5 Å². The molecule has 2 aromatic heterocycles. The Morgan fingerprint density at radius 3 is 2.50 bits per heavy atom. The van der Waals surface area contributed by atoms with Gasteiger partial charge in [0.25, 0.3) is 5.91 Å². The highest BCUT2D eigenvalue weighted by Gasteiger charge is 2.46. The number of Topliss-reactive ketones (excluding diaryl/α,β-unsaturated/α-hetero) is 1. The summed E-state index contributed by atoms with van der Waals surface area (Å²) in [5.74, 6) is -1.67. The minimum absolute atomic E-state index is 0.0487. The number of aromatic nitrogens is 2. The van der Waals surface area contributed by atoms with Gasteiger partial charge in [0.1, 0.15) is 11.6 Å². The molecular formula is C24H18FN3O4S2. The first-order valence-electron chi connectivity index (χ1n) is 10.2. The molecule has 0 saturated carbocycles. The number of thiazole rings is 2. The Balaban J connectivity index is 1.68. The fraction of sp³-hybridized carbons (Fsp3) is 0.167. The number of aliphatic hydroxyl groups excluding tert-OH is 1. The van der Waals surface area contributed by atoms with Crippen LogP contribution in [-0.4, -0.2) is 33.9 Å². The first-order chi connectivity index (χ1) is 16.3. The van der Waals surface area contributed by atoms with Crippen LogP contribution in [0.15, 0.2) is 53.8 Å². The number of anilines is 1. The maximum absolute atomic E-state index is 13.8. The van der Waals surface area contributed by atoms with Crippen molar-refractivity contribution in [3.63, 3.8) is 0 Å². The Kier molecular flexibility index (Phi) is 5.41. The van der Waals surface area contributed by atoms with E-state index >= 15 is 0 Å². The van der Waals surface area contributed by atoms with Gasteiger partial charge in [-0.2, -0.15) is 0 Å². The molecule has 1 amide bonds. The number of aliphatic hydroxyl groups is 1. The third kappa shape index (κ3) is 3.55. The fourth-order valence-corrected chi connectivity index (χ4v) is 5.88. The Morgan fingerprint density at radius 2 is 1.85 bits per heavy atom. The number of carbonyl (C=O) groups excluding carboxylic acids is 2. The zero-order chi connectivity index (χ0) is 24.1. The molecule has 1 aliphatic heterocycles. The number of ketones is 1. The van der Waals surface area contributed by atoms with Gasteiger partial charge in [-0.25, -0.2) is 14.4 Å². The molecule has 1 atom stereocenters. The van der Waals surface area contributed by atoms with Crippen LogP contribution in [0.25, 0.3) is 10.2 Å². The van der Waals surface area contributed by atoms with Crippen molar-refractivity contribution in [3.05, 3.63) is 80.8 Å². The summed E-state index contributed by atoms with van der Waals surface area (Å²) in [6, 6.07) is 10.1. The molecule has 10 heteroatoms. The SMILES string of the molecule is COc1ccc(C2C(C(=O)c3sc(C)nc3C)=C(O)C(=O)N2c2nc3ccc(F)cc3s2)cc1. The van der Waals surface area contributed by atoms with Crippen LogP contribution >= 0.6 is 22.7 Å². The molecule has 0 radical (unpaired) electrons. The van der Waals surface area contributed by atoms with Crippen molar-refractivity contribution in [1.82, 2.24) is 9.97 Å². The van der Waals surface area contributed by atoms with Gasteiger partial charge in [0.15, 0.2) is 10.9 Å². The molecule has 0 aliphatic carbocycles. The predicted molar refractivity (Wildman–Crippen MR) is 128 cm³/mol. The lowest BCUT2D eigenvalue weighted by molar-refractivity contribution is -0.117. The molecule has 7 nitrogen and oxygen atoms in total. The van der Waals surface area contributed by atoms with Crippen LogP contribution in [0.3, 0.4) is 0 Å². The molecular weight excluding hydrogens is 477 g/mol. The van der Waals surface area contributed by atoms with Crippen LogP contribution in [0.5, 0.6) is 5.75 Å². The van der Waals surface area contributed by atoms with E-state index in [-0.39, 0.29) is 10.7 Å². The van der Waals surface area contributed by atoms with E-state index in [1.807, 2.05) is 0 Å². The van der Waals surface area contributed by atoms with Gasteiger partial charge in [0.2, 0.25) is 5.78 Å². The second-order valence-corrected chi connectivity index (χ2v) is 9.91. The third-order valence-electron chi connectivity index (χ3n) is 5.54. The van der Waals surface area contributed by atoms with Crippen LogP contribution in [0, 0.1) is 19.7 Å². The highest BCUT2D eigenvalue weighted by atomic mass is 32.1. The average molecular weight is 496 g/mol. The maximum atomic E-state index is 13.8. The van der Waals surface area contributed by atoms with Crippen LogP contribution in [-0.2, 0) is 4.79 Å². The van der Waals surface area contributed by atoms with E-state index in [0.717, 1.165) is 11.3 Å². The average Bonchev–Trinajstić information content (AvgIpc) is 3.46. The topological polar surface area (TPSA) is 92.6 Å². The normalized spacial score (nSPS) is 16.1. The van der Waals surface area contributed by atoms with Gasteiger partial charge in [0, 0.05) is 0 Å². The van der Waals surface area contributed by atoms with Gasteiger partial charge >= 0.3 is 0 Å². The number of hydrogen-bond donors (Lipinski definition) is 1. The van der Waals surface area contributed by atoms with Gasteiger partial charge in [0.05, 0.1) is 44.5 Å². The molecule has 5 rings (SSSR count). The van der Waals surface area contributed by atoms with Crippen molar-refractivity contribution >= 4 is 49.7 Å². The van der Waals surface area contributed by atoms with Crippen molar-refractivity contribution in [2.75, 3.05) is 12.0 Å². The highest BCUT2D eigenvalue weighted by Crippen LogP contribution is 2.45. The molecule has 0 spiro atoms. The van der Waals surface area contributed by atoms with Gasteiger partial charge in [-0.1, -0.05) is 23.5 Å². The Hall–Kier alpha value is -3.63. The number of aryl methyl sites for hydroxylation is 2. The van der Waals surface area contributed by atoms with Crippen LogP contribution in [0.1, 0.15) is 32.0 Å². The largest absolute Gasteiger partial charge is 0.503 e. The van der Waals surface area contributed by atoms with E-state index in [0.29, 0.717) is 37.1 Å².